The molecule has 25 N–H and O–H groups in total. The Morgan fingerprint density at radius 2 is 1.14 bits per heavy atom. The van der Waals surface area contributed by atoms with Gasteiger partial charge in [0.1, 0.15) is 138 Å². The monoisotopic (exact) mass is 1980 g/mol. The van der Waals surface area contributed by atoms with Crippen molar-refractivity contribution in [1.29, 1.82) is 0 Å². The Hall–Kier alpha value is -13.0. The topological polar surface area (TPSA) is 671 Å². The summed E-state index contributed by atoms with van der Waals surface area (Å²) < 4.78 is 58.2. The van der Waals surface area contributed by atoms with Crippen molar-refractivity contribution in [3.8, 4) is 68.6 Å². The van der Waals surface area contributed by atoms with Gasteiger partial charge < -0.3 is 168 Å². The fourth-order valence-electron chi connectivity index (χ4n) is 18.0. The number of aliphatic carboxylic acids is 1. The second kappa shape index (κ2) is 41.4. The Kier molecular flexibility index (Phi) is 29.6. The lowest BCUT2D eigenvalue weighted by atomic mass is 9.90. The van der Waals surface area contributed by atoms with Crippen LogP contribution < -0.4 is 72.5 Å². The third-order valence-corrected chi connectivity index (χ3v) is 25.8. The number of hydrogen-bond acceptors (Lipinski definition) is 33. The van der Waals surface area contributed by atoms with Crippen molar-refractivity contribution in [2.45, 2.75) is 212 Å². The van der Waals surface area contributed by atoms with Crippen LogP contribution in [0.3, 0.4) is 0 Å². The molecule has 8 aromatic rings. The Bertz CT molecular complexity index is 6140. The van der Waals surface area contributed by atoms with Crippen LogP contribution >= 0.6 is 23.2 Å². The van der Waals surface area contributed by atoms with Gasteiger partial charge in [0, 0.05) is 42.6 Å². The van der Waals surface area contributed by atoms with E-state index in [1.807, 2.05) is 0 Å². The molecule has 9 aliphatic heterocycles. The fourth-order valence-corrected chi connectivity index (χ4v) is 18.5. The number of fused-ring (bicyclic) bond motifs is 11. The summed E-state index contributed by atoms with van der Waals surface area (Å²) in [6, 6.07) is 8.77. The van der Waals surface area contributed by atoms with E-state index in [1.165, 1.54) is 42.5 Å². The number of ether oxygens (including phenoxy) is 9. The number of carbonyl (C=O) groups is 10. The maximum Gasteiger partial charge on any atom is 0.330 e. The van der Waals surface area contributed by atoms with E-state index in [4.69, 9.17) is 71.6 Å². The summed E-state index contributed by atoms with van der Waals surface area (Å²) in [5.74, 6) is -21.9. The molecule has 0 saturated carbocycles. The van der Waals surface area contributed by atoms with E-state index < -0.39 is 320 Å². The zero-order valence-electron chi connectivity index (χ0n) is 74.4. The smallest absolute Gasteiger partial charge is 0.330 e. The number of benzene rings is 8. The SMILES string of the molecule is CC(=O)N[C@H]1[C@H](O[C@@H]2c3ccc(c(Cl)c3)Oc3cc4cc(c3O[C@@H]3O[C@H](C(=O)Nc5ccccc5)[C@@H](O)[C@H](O)[C@H]3NC(=O)CCCCCCC(C)C)Oc3ccc(cc3Cl)C[C@H]3NC(=O)[C@H](N)c5ccc(O)c(c5)Oc5cc(O)cc(c5)[C@H](NC3=O)C(=O)N[C@H]4C(=O)N[C@H]3C(=O)N[C@@H]2C(=O)N[C@H](C(=O)O)c2cc(O)cc4c2-c2cc3ccc2C4(O)O[C@H]2O[C@H](CO)[C@@H](O)[C@H](O)[C@@H]2O)O[C@H](CO)[C@@H](O)[C@@H]1O. The molecule has 0 aromatic heterocycles. The Labute approximate surface area is 805 Å². The van der Waals surface area contributed by atoms with Crippen molar-refractivity contribution in [2.24, 2.45) is 11.7 Å². The molecule has 3 fully saturated rings. The van der Waals surface area contributed by atoms with Crippen LogP contribution in [-0.2, 0) is 83.8 Å². The van der Waals surface area contributed by atoms with Gasteiger partial charge in [-0.3, -0.25) is 43.2 Å². The van der Waals surface area contributed by atoms with Crippen molar-refractivity contribution < 1.29 is 162 Å². The Balaban J connectivity index is 0.953. The molecule has 9 heterocycles. The number of aliphatic hydroxyl groups is 10. The highest BCUT2D eigenvalue weighted by Crippen LogP contribution is 2.55. The predicted molar refractivity (Wildman–Crippen MR) is 483 cm³/mol. The van der Waals surface area contributed by atoms with E-state index in [1.54, 1.807) is 18.2 Å². The standard InChI is InChI=1S/C95H100Cl2N10O33/c1-37(2)11-7-4-5-10-14-64(114)102-72-77(118)79(120)83(90(128)100-45-12-8-6-9-13-45)139-93(72)138-82-60-30-44-31-61(82)134-58-22-18-42(28-54(58)97)81(137-92-71(99-38(3)110)76(117)74(115)62(35-108)135-92)73-89(127)106-70(91(129)130)50-33-47(112)34-52-65(50)49-27-41(16-19-51(49)95(52,131)140-94-80(121)78(119)75(116)63(36-109)136-94)67(86(124)107-73)104-88(126)69(44)105-87(125)68-43-25-46(111)32-48(26-43)132-59-29-40(17-20-56(59)113)66(98)85(123)101-55(84(122)103-68)24-39-15-21-57(133-60)53(96)23-39/h6,8-9,12-13,15-23,25-34,37,55,62-63,66-81,83,92-94,108-109,111-113,115-121,131H,4-5,7,10-11,14,24,35-36,98H2,1-3H3,(H,99,110)(H,100,128)(H,101,123)(H,102,114)(H,103,122)(H,104,126)(H,105,125)(H,106,127)(H,107,124)(H,129,130)/t55-,62-,63-,66-,67-,68+,69-,70+,71-,72-,73+,74-,75-,76-,77-,78+,79+,80+,81-,83+,92+,93-,94-,95?/m1/s1. The van der Waals surface area contributed by atoms with E-state index >= 15 is 24.0 Å². The third kappa shape index (κ3) is 20.7. The number of carboxylic acid groups (broad SMARTS) is 1. The lowest BCUT2D eigenvalue weighted by Crippen LogP contribution is -2.66. The molecule has 24 atom stereocenters. The molecular formula is C95H100Cl2N10O33. The van der Waals surface area contributed by atoms with Gasteiger partial charge >= 0.3 is 5.97 Å². The maximum absolute atomic E-state index is 17.2. The number of phenolic OH excluding ortho intramolecular Hbond substituents is 3. The number of amides is 9. The van der Waals surface area contributed by atoms with Gasteiger partial charge in [0.2, 0.25) is 65.1 Å². The number of aliphatic hydroxyl groups excluding tert-OH is 9. The van der Waals surface area contributed by atoms with Crippen LogP contribution in [0.5, 0.6) is 57.5 Å². The highest BCUT2D eigenvalue weighted by atomic mass is 35.5. The molecule has 3 saturated heterocycles. The lowest BCUT2D eigenvalue weighted by Gasteiger charge is -2.44. The van der Waals surface area contributed by atoms with Gasteiger partial charge in [-0.05, 0) is 153 Å². The number of carbonyl (C=O) groups excluding carboxylic acids is 9. The van der Waals surface area contributed by atoms with Crippen molar-refractivity contribution >= 4 is 88.0 Å². The van der Waals surface area contributed by atoms with Gasteiger partial charge in [-0.25, -0.2) is 4.79 Å². The number of aromatic hydroxyl groups is 3. The molecule has 9 amide bonds. The molecule has 1 unspecified atom stereocenters. The highest BCUT2D eigenvalue weighted by molar-refractivity contribution is 6.32. The predicted octanol–water partition coefficient (Wildman–Crippen LogP) is 2.10. The molecular weight excluding hydrogens is 1880 g/mol. The van der Waals surface area contributed by atoms with Crippen molar-refractivity contribution in [1.82, 2.24) is 42.5 Å². The average Bonchev–Trinajstić information content (AvgIpc) is 1.54. The summed E-state index contributed by atoms with van der Waals surface area (Å²) in [5.41, 5.74) is 2.42. The number of halogens is 2. The van der Waals surface area contributed by atoms with Crippen LogP contribution in [0.2, 0.25) is 10.0 Å². The molecule has 17 bridgehead atoms. The van der Waals surface area contributed by atoms with Crippen LogP contribution in [0.25, 0.3) is 11.1 Å². The molecule has 18 rings (SSSR count). The molecule has 8 aromatic carbocycles. The van der Waals surface area contributed by atoms with E-state index in [-0.39, 0.29) is 45.5 Å². The first kappa shape index (κ1) is 100.0. The van der Waals surface area contributed by atoms with Crippen molar-refractivity contribution in [3.63, 3.8) is 0 Å². The third-order valence-electron chi connectivity index (χ3n) is 25.2. The summed E-state index contributed by atoms with van der Waals surface area (Å²) >= 11 is 14.9. The van der Waals surface area contributed by atoms with Crippen LogP contribution in [-0.4, -0.2) is 248 Å². The van der Waals surface area contributed by atoms with Crippen LogP contribution in [0.15, 0.2) is 146 Å². The molecule has 0 radical (unpaired) electrons. The maximum atomic E-state index is 17.2. The second-order valence-electron chi connectivity index (χ2n) is 35.5. The number of rotatable bonds is 20. The molecule has 1 aliphatic carbocycles. The molecule has 45 heteroatoms. The number of carboxylic acids is 1. The van der Waals surface area contributed by atoms with E-state index in [9.17, 15) is 95.5 Å². The van der Waals surface area contributed by atoms with Crippen molar-refractivity contribution in [3.05, 3.63) is 206 Å². The first-order chi connectivity index (χ1) is 66.7. The summed E-state index contributed by atoms with van der Waals surface area (Å²) in [6.07, 6.45) is -27.2. The minimum absolute atomic E-state index is 0.0199. The number of unbranched alkanes of at least 4 members (excludes halogenated alkanes) is 3. The molecule has 43 nitrogen and oxygen atoms in total. The molecule has 10 aliphatic rings. The van der Waals surface area contributed by atoms with Gasteiger partial charge in [0.25, 0.3) is 5.91 Å². The summed E-state index contributed by atoms with van der Waals surface area (Å²) in [4.78, 5) is 154. The fraction of sp³-hybridized carbons (Fsp3) is 0.389. The number of para-hydroxylation sites is 1. The number of nitrogens with one attached hydrogen (secondary N) is 9. The Morgan fingerprint density at radius 3 is 1.80 bits per heavy atom. The van der Waals surface area contributed by atoms with E-state index in [0.29, 0.717) is 18.8 Å². The average molecular weight is 1980 g/mol. The van der Waals surface area contributed by atoms with Gasteiger partial charge in [0.15, 0.2) is 47.7 Å². The van der Waals surface area contributed by atoms with Gasteiger partial charge in [-0.2, -0.15) is 0 Å². The normalized spacial score (nSPS) is 29.2. The molecule has 140 heavy (non-hydrogen) atoms. The minimum atomic E-state index is -3.19. The van der Waals surface area contributed by atoms with E-state index in [0.717, 1.165) is 111 Å². The number of hydrogen-bond donors (Lipinski definition) is 24. The summed E-state index contributed by atoms with van der Waals surface area (Å²) in [6.45, 7) is 2.97. The highest BCUT2D eigenvalue weighted by Gasteiger charge is 2.56. The quantitative estimate of drug-likeness (QED) is 0.0384. The number of nitrogens with two attached hydrogens (primary N) is 1. The van der Waals surface area contributed by atoms with Gasteiger partial charge in [0.05, 0.1) is 23.3 Å². The second-order valence-corrected chi connectivity index (χ2v) is 36.3. The summed E-state index contributed by atoms with van der Waals surface area (Å²) in [5, 5.41) is 185. The Morgan fingerprint density at radius 1 is 0.536 bits per heavy atom. The van der Waals surface area contributed by atoms with Gasteiger partial charge in [-0.15, -0.1) is 0 Å². The molecule has 742 valence electrons. The lowest BCUT2D eigenvalue weighted by molar-refractivity contribution is -0.355. The van der Waals surface area contributed by atoms with Gasteiger partial charge in [-0.1, -0.05) is 111 Å². The zero-order chi connectivity index (χ0) is 100. The number of anilines is 1. The first-order valence-corrected chi connectivity index (χ1v) is 45.4. The minimum Gasteiger partial charge on any atom is -0.508 e. The molecule has 0 spiro atoms. The summed E-state index contributed by atoms with van der Waals surface area (Å²) in [7, 11) is 0. The van der Waals surface area contributed by atoms with Crippen LogP contribution in [0.1, 0.15) is 146 Å². The number of phenols is 3. The largest absolute Gasteiger partial charge is 0.508 e. The first-order valence-electron chi connectivity index (χ1n) is 44.6. The zero-order valence-corrected chi connectivity index (χ0v) is 75.9. The van der Waals surface area contributed by atoms with E-state index in [2.05, 4.69) is 61.7 Å². The van der Waals surface area contributed by atoms with Crippen molar-refractivity contribution in [2.75, 3.05) is 18.5 Å². The van der Waals surface area contributed by atoms with Crippen LogP contribution in [0.4, 0.5) is 5.69 Å². The van der Waals surface area contributed by atoms with Crippen LogP contribution in [0, 0.1) is 5.92 Å².